The number of allylic oxidation sites excluding steroid dienone is 1. The van der Waals surface area contributed by atoms with Crippen LogP contribution in [0.4, 0.5) is 0 Å². The van der Waals surface area contributed by atoms with Gasteiger partial charge in [-0.25, -0.2) is 0 Å². The molecule has 0 N–H and O–H groups in total. The molecule has 0 radical (unpaired) electrons. The maximum absolute atomic E-state index is 11.1. The number of hydrogen-bond donors (Lipinski definition) is 0. The minimum Gasteiger partial charge on any atom is -0.272 e. The van der Waals surface area contributed by atoms with Gasteiger partial charge in [0.05, 0.1) is 6.61 Å². The fourth-order valence-electron chi connectivity index (χ4n) is 1.23. The molecule has 1 saturated heterocycles. The molecule has 1 rings (SSSR count). The second kappa shape index (κ2) is 4.91. The third-order valence-corrected chi connectivity index (χ3v) is 1.97. The summed E-state index contributed by atoms with van der Waals surface area (Å²) in [6, 6.07) is 0. The van der Waals surface area contributed by atoms with E-state index in [0.29, 0.717) is 6.61 Å². The van der Waals surface area contributed by atoms with Crippen molar-refractivity contribution < 1.29 is 14.4 Å². The van der Waals surface area contributed by atoms with E-state index >= 15 is 0 Å². The zero-order valence-electron chi connectivity index (χ0n) is 8.41. The Balaban J connectivity index is 2.20. The molecule has 14 heavy (non-hydrogen) atoms. The predicted octanol–water partition coefficient (Wildman–Crippen LogP) is 1.42. The first kappa shape index (κ1) is 10.9. The molecule has 0 saturated carbocycles. The quantitative estimate of drug-likeness (QED) is 0.380. The van der Waals surface area contributed by atoms with Crippen molar-refractivity contribution in [2.24, 2.45) is 0 Å². The topological polar surface area (TPSA) is 46.6 Å². The Morgan fingerprint density at radius 1 is 1.43 bits per heavy atom. The Hall–Kier alpha value is -1.16. The molecule has 4 heteroatoms. The largest absolute Gasteiger partial charge is 0.272 e. The third kappa shape index (κ3) is 2.96. The van der Waals surface area contributed by atoms with Gasteiger partial charge in [0.1, 0.15) is 0 Å². The molecular weight excluding hydrogens is 182 g/mol. The molecule has 0 bridgehead atoms. The first-order valence-corrected chi connectivity index (χ1v) is 4.74. The standard InChI is InChI=1S/C10H15NO3/c1-8(2)4-3-7-14-11-9(12)5-6-10(11)13/h1,3-7H2,2H3. The van der Waals surface area contributed by atoms with Crippen molar-refractivity contribution in [2.75, 3.05) is 6.61 Å². The van der Waals surface area contributed by atoms with Gasteiger partial charge in [-0.15, -0.1) is 6.58 Å². The first-order valence-electron chi connectivity index (χ1n) is 4.74. The number of carbonyl (C=O) groups excluding carboxylic acids is 2. The molecular formula is C10H15NO3. The van der Waals surface area contributed by atoms with Crippen LogP contribution < -0.4 is 0 Å². The van der Waals surface area contributed by atoms with E-state index in [2.05, 4.69) is 6.58 Å². The van der Waals surface area contributed by atoms with Crippen molar-refractivity contribution in [1.82, 2.24) is 5.06 Å². The van der Waals surface area contributed by atoms with Crippen LogP contribution in [0.25, 0.3) is 0 Å². The van der Waals surface area contributed by atoms with E-state index < -0.39 is 0 Å². The minimum atomic E-state index is -0.231. The van der Waals surface area contributed by atoms with Crippen molar-refractivity contribution in [3.05, 3.63) is 12.2 Å². The summed E-state index contributed by atoms with van der Waals surface area (Å²) < 4.78 is 0. The summed E-state index contributed by atoms with van der Waals surface area (Å²) in [5.41, 5.74) is 1.08. The van der Waals surface area contributed by atoms with E-state index in [4.69, 9.17) is 4.84 Å². The van der Waals surface area contributed by atoms with Crippen LogP contribution in [0.2, 0.25) is 0 Å². The molecule has 0 aromatic rings. The first-order chi connectivity index (χ1) is 6.61. The molecule has 1 heterocycles. The van der Waals surface area contributed by atoms with E-state index in [0.717, 1.165) is 23.5 Å². The van der Waals surface area contributed by atoms with Crippen molar-refractivity contribution in [3.63, 3.8) is 0 Å². The van der Waals surface area contributed by atoms with Crippen LogP contribution in [0.1, 0.15) is 32.6 Å². The lowest BCUT2D eigenvalue weighted by molar-refractivity contribution is -0.187. The lowest BCUT2D eigenvalue weighted by atomic mass is 10.2. The third-order valence-electron chi connectivity index (χ3n) is 1.97. The molecule has 78 valence electrons. The molecule has 0 spiro atoms. The second-order valence-electron chi connectivity index (χ2n) is 3.48. The normalized spacial score (nSPS) is 16.5. The van der Waals surface area contributed by atoms with Crippen molar-refractivity contribution >= 4 is 11.8 Å². The molecule has 0 aliphatic carbocycles. The Bertz CT molecular complexity index is 244. The molecule has 1 aliphatic heterocycles. The number of amides is 2. The molecule has 4 nitrogen and oxygen atoms in total. The fraction of sp³-hybridized carbons (Fsp3) is 0.600. The second-order valence-corrected chi connectivity index (χ2v) is 3.48. The number of nitrogens with zero attached hydrogens (tertiary/aromatic N) is 1. The molecule has 0 atom stereocenters. The fourth-order valence-corrected chi connectivity index (χ4v) is 1.23. The zero-order valence-corrected chi connectivity index (χ0v) is 8.41. The Kier molecular flexibility index (Phi) is 3.83. The molecule has 0 aromatic heterocycles. The predicted molar refractivity (Wildman–Crippen MR) is 51.1 cm³/mol. The summed E-state index contributed by atoms with van der Waals surface area (Å²) in [4.78, 5) is 27.2. The van der Waals surface area contributed by atoms with E-state index in [1.165, 1.54) is 0 Å². The van der Waals surface area contributed by atoms with Crippen LogP contribution in [-0.4, -0.2) is 23.5 Å². The maximum Gasteiger partial charge on any atom is 0.253 e. The number of hydroxylamine groups is 2. The summed E-state index contributed by atoms with van der Waals surface area (Å²) >= 11 is 0. The van der Waals surface area contributed by atoms with Gasteiger partial charge in [-0.2, -0.15) is 5.06 Å². The highest BCUT2D eigenvalue weighted by Gasteiger charge is 2.29. The summed E-state index contributed by atoms with van der Waals surface area (Å²) in [7, 11) is 0. The summed E-state index contributed by atoms with van der Waals surface area (Å²) in [6.45, 7) is 6.08. The molecule has 1 aliphatic rings. The zero-order chi connectivity index (χ0) is 10.6. The minimum absolute atomic E-state index is 0.231. The van der Waals surface area contributed by atoms with E-state index in [1.54, 1.807) is 0 Å². The maximum atomic E-state index is 11.1. The van der Waals surface area contributed by atoms with Crippen LogP contribution in [-0.2, 0) is 14.4 Å². The highest BCUT2D eigenvalue weighted by molar-refractivity contribution is 6.00. The van der Waals surface area contributed by atoms with Gasteiger partial charge in [-0.05, 0) is 19.8 Å². The number of imide groups is 1. The summed E-state index contributed by atoms with van der Waals surface area (Å²) in [5.74, 6) is -0.462. The highest BCUT2D eigenvalue weighted by Crippen LogP contribution is 2.12. The van der Waals surface area contributed by atoms with Crippen molar-refractivity contribution in [1.29, 1.82) is 0 Å². The van der Waals surface area contributed by atoms with Crippen LogP contribution in [0, 0.1) is 0 Å². The van der Waals surface area contributed by atoms with Gasteiger partial charge >= 0.3 is 0 Å². The molecule has 2 amide bonds. The van der Waals surface area contributed by atoms with E-state index in [1.807, 2.05) is 6.92 Å². The van der Waals surface area contributed by atoms with Gasteiger partial charge in [-0.3, -0.25) is 14.4 Å². The average molecular weight is 197 g/mol. The average Bonchev–Trinajstić information content (AvgIpc) is 2.42. The van der Waals surface area contributed by atoms with Crippen molar-refractivity contribution in [2.45, 2.75) is 32.6 Å². The van der Waals surface area contributed by atoms with E-state index in [9.17, 15) is 9.59 Å². The highest BCUT2D eigenvalue weighted by atomic mass is 16.7. The van der Waals surface area contributed by atoms with Crippen LogP contribution in [0.5, 0.6) is 0 Å². The van der Waals surface area contributed by atoms with Crippen LogP contribution in [0.3, 0.4) is 0 Å². The van der Waals surface area contributed by atoms with E-state index in [-0.39, 0.29) is 24.7 Å². The van der Waals surface area contributed by atoms with Gasteiger partial charge in [0.15, 0.2) is 0 Å². The monoisotopic (exact) mass is 197 g/mol. The van der Waals surface area contributed by atoms with Gasteiger partial charge in [0, 0.05) is 12.8 Å². The van der Waals surface area contributed by atoms with Gasteiger partial charge in [0.25, 0.3) is 11.8 Å². The Morgan fingerprint density at radius 3 is 2.50 bits per heavy atom. The number of rotatable bonds is 5. The molecule has 0 aromatic carbocycles. The SMILES string of the molecule is C=C(C)CCCON1C(=O)CCC1=O. The lowest BCUT2D eigenvalue weighted by Gasteiger charge is -2.12. The van der Waals surface area contributed by atoms with Crippen molar-refractivity contribution in [3.8, 4) is 0 Å². The Labute approximate surface area is 83.5 Å². The van der Waals surface area contributed by atoms with Gasteiger partial charge in [0.2, 0.25) is 0 Å². The Morgan fingerprint density at radius 2 is 2.00 bits per heavy atom. The number of carbonyl (C=O) groups is 2. The lowest BCUT2D eigenvalue weighted by Crippen LogP contribution is -2.29. The number of hydrogen-bond acceptors (Lipinski definition) is 3. The smallest absolute Gasteiger partial charge is 0.253 e. The summed E-state index contributed by atoms with van der Waals surface area (Å²) in [6.07, 6.45) is 2.20. The van der Waals surface area contributed by atoms with Gasteiger partial charge < -0.3 is 0 Å². The summed E-state index contributed by atoms with van der Waals surface area (Å²) in [5, 5.41) is 0.887. The van der Waals surface area contributed by atoms with Crippen LogP contribution >= 0.6 is 0 Å². The van der Waals surface area contributed by atoms with Gasteiger partial charge in [-0.1, -0.05) is 5.57 Å². The molecule has 1 fully saturated rings. The molecule has 0 unspecified atom stereocenters. The van der Waals surface area contributed by atoms with Crippen LogP contribution in [0.15, 0.2) is 12.2 Å².